The molecule has 38 heavy (non-hydrogen) atoms. The topological polar surface area (TPSA) is 116 Å². The van der Waals surface area contributed by atoms with E-state index in [9.17, 15) is 10.2 Å². The van der Waals surface area contributed by atoms with Gasteiger partial charge in [-0.25, -0.2) is 0 Å². The number of ether oxygens (including phenoxy) is 2. The average molecular weight is 770 g/mol. The van der Waals surface area contributed by atoms with Gasteiger partial charge in [0.15, 0.2) is 0 Å². The molecule has 0 aliphatic carbocycles. The zero-order valence-corrected chi connectivity index (χ0v) is 33.1. The number of likely N-dealkylation sites (N-methyl/N-ethyl adjacent to an activating group) is 2. The first-order valence-corrected chi connectivity index (χ1v) is 10.7. The maximum absolute atomic E-state index is 11.7. The van der Waals surface area contributed by atoms with E-state index < -0.39 is 0 Å². The van der Waals surface area contributed by atoms with Crippen LogP contribution in [0.1, 0.15) is 11.1 Å². The van der Waals surface area contributed by atoms with Gasteiger partial charge >= 0.3 is 54.6 Å². The molecule has 2 aromatic carbocycles. The van der Waals surface area contributed by atoms with Crippen molar-refractivity contribution >= 4 is 12.4 Å². The van der Waals surface area contributed by atoms with Crippen molar-refractivity contribution in [2.24, 2.45) is 9.98 Å². The van der Waals surface area contributed by atoms with Crippen molar-refractivity contribution in [3.05, 3.63) is 47.5 Å². The van der Waals surface area contributed by atoms with E-state index in [-0.39, 0.29) is 90.9 Å². The largest absolute Gasteiger partial charge is 2.00 e. The van der Waals surface area contributed by atoms with Gasteiger partial charge in [0.05, 0.1) is 27.3 Å². The number of aliphatic imine (C=N–C) groups is 2. The van der Waals surface area contributed by atoms with E-state index in [4.69, 9.17) is 14.6 Å². The molecule has 206 valence electrons. The van der Waals surface area contributed by atoms with Gasteiger partial charge in [-0.3, -0.25) is 9.98 Å². The minimum Gasteiger partial charge on any atom is -1.00 e. The molecule has 0 heterocycles. The molecule has 0 bridgehead atoms. The molecule has 0 aromatic heterocycles. The van der Waals surface area contributed by atoms with Crippen LogP contribution in [-0.2, 0) is 54.6 Å². The van der Waals surface area contributed by atoms with Crippen LogP contribution in [0.2, 0.25) is 0 Å². The Balaban J connectivity index is -0.000000163. The summed E-state index contributed by atoms with van der Waals surface area (Å²) in [6.07, 6.45) is 3.21. The first-order valence-electron chi connectivity index (χ1n) is 10.7. The van der Waals surface area contributed by atoms with Crippen molar-refractivity contribution < 1.29 is 104 Å². The summed E-state index contributed by atoms with van der Waals surface area (Å²) in [6.45, 7) is 3.11. The SMILES string of the molecule is CO.COc1cccc(C=NCCN(C)C)c1[O-].COc1cccc(C=NCCN(C)C)c1[O-].[Cd+2].[Cd+2].[Cl-].[Cl-]. The fourth-order valence-corrected chi connectivity index (χ4v) is 2.43. The number of halogens is 2. The van der Waals surface area contributed by atoms with Gasteiger partial charge in [0.25, 0.3) is 0 Å². The summed E-state index contributed by atoms with van der Waals surface area (Å²) in [6, 6.07) is 10.4. The number of methoxy groups -OCH3 is 2. The molecule has 13 heteroatoms. The Labute approximate surface area is 280 Å². The molecule has 0 radical (unpaired) electrons. The monoisotopic (exact) mass is 772 g/mol. The Bertz CT molecular complexity index is 821. The minimum absolute atomic E-state index is 0. The summed E-state index contributed by atoms with van der Waals surface area (Å²) >= 11 is 0. The smallest absolute Gasteiger partial charge is 1.00 e. The fourth-order valence-electron chi connectivity index (χ4n) is 2.43. The second-order valence-corrected chi connectivity index (χ2v) is 7.43. The minimum atomic E-state index is -0.112. The standard InChI is InChI=1S/2C12H18N2O2.CH4O.2Cd.2ClH/c2*1-14(2)8-7-13-9-10-5-4-6-11(16-3)12(10)15;1-2;;;;/h2*4-6,9,15H,7-8H2,1-3H3;2H,1H3;;;2*1H/q;;;2*+2;;/p-4. The Morgan fingerprint density at radius 3 is 1.29 bits per heavy atom. The van der Waals surface area contributed by atoms with Gasteiger partial charge < -0.3 is 59.4 Å². The van der Waals surface area contributed by atoms with Gasteiger partial charge in [0.1, 0.15) is 11.5 Å². The van der Waals surface area contributed by atoms with Gasteiger partial charge in [-0.2, -0.15) is 0 Å². The predicted molar refractivity (Wildman–Crippen MR) is 135 cm³/mol. The van der Waals surface area contributed by atoms with Crippen LogP contribution in [0.25, 0.3) is 0 Å². The summed E-state index contributed by atoms with van der Waals surface area (Å²) in [5.74, 6) is 0.491. The van der Waals surface area contributed by atoms with Gasteiger partial charge in [-0.1, -0.05) is 35.8 Å². The number of aliphatic hydroxyl groups excluding tert-OH is 1. The Kier molecular flexibility index (Phi) is 36.3. The van der Waals surface area contributed by atoms with Gasteiger partial charge in [-0.15, -0.1) is 0 Å². The van der Waals surface area contributed by atoms with E-state index in [0.717, 1.165) is 20.2 Å². The second kappa shape index (κ2) is 29.3. The van der Waals surface area contributed by atoms with E-state index in [1.165, 1.54) is 14.2 Å². The molecule has 0 spiro atoms. The Hall–Kier alpha value is -0.716. The first kappa shape index (κ1) is 47.1. The van der Waals surface area contributed by atoms with Crippen LogP contribution in [0.15, 0.2) is 46.4 Å². The summed E-state index contributed by atoms with van der Waals surface area (Å²) in [4.78, 5) is 12.5. The Morgan fingerprint density at radius 2 is 1.03 bits per heavy atom. The van der Waals surface area contributed by atoms with Crippen LogP contribution in [0, 0.1) is 0 Å². The van der Waals surface area contributed by atoms with Crippen molar-refractivity contribution in [3.63, 3.8) is 0 Å². The normalized spacial score (nSPS) is 9.63. The van der Waals surface area contributed by atoms with Crippen molar-refractivity contribution in [1.29, 1.82) is 0 Å². The second-order valence-electron chi connectivity index (χ2n) is 7.43. The summed E-state index contributed by atoms with van der Waals surface area (Å²) in [7, 11) is 11.9. The van der Waals surface area contributed by atoms with E-state index >= 15 is 0 Å². The maximum atomic E-state index is 11.7. The van der Waals surface area contributed by atoms with Crippen LogP contribution in [0.5, 0.6) is 23.0 Å². The van der Waals surface area contributed by atoms with Crippen molar-refractivity contribution in [3.8, 4) is 23.0 Å². The molecule has 0 saturated heterocycles. The van der Waals surface area contributed by atoms with Crippen molar-refractivity contribution in [2.45, 2.75) is 0 Å². The van der Waals surface area contributed by atoms with Gasteiger partial charge in [-0.05, 0) is 51.5 Å². The van der Waals surface area contributed by atoms with E-state index in [2.05, 4.69) is 9.98 Å². The number of aliphatic hydroxyl groups is 1. The maximum Gasteiger partial charge on any atom is 2.00 e. The third kappa shape index (κ3) is 20.2. The molecule has 0 amide bonds. The molecule has 2 aromatic rings. The van der Waals surface area contributed by atoms with Gasteiger partial charge in [0, 0.05) is 32.6 Å². The van der Waals surface area contributed by atoms with Crippen LogP contribution >= 0.6 is 0 Å². The number of rotatable bonds is 10. The fraction of sp³-hybridized carbons (Fsp3) is 0.440. The molecule has 0 fully saturated rings. The number of para-hydroxylation sites is 2. The molecule has 0 atom stereocenters. The number of nitrogens with zero attached hydrogens (tertiary/aromatic N) is 4. The molecule has 0 unspecified atom stereocenters. The van der Waals surface area contributed by atoms with Crippen LogP contribution < -0.4 is 44.5 Å². The molecule has 0 aliphatic heterocycles. The molecule has 9 nitrogen and oxygen atoms in total. The van der Waals surface area contributed by atoms with Crippen LogP contribution in [-0.4, -0.2) is 103 Å². The summed E-state index contributed by atoms with van der Waals surface area (Å²) in [5, 5.41) is 30.4. The third-order valence-electron chi connectivity index (χ3n) is 4.27. The van der Waals surface area contributed by atoms with E-state index in [1.807, 2.05) is 38.0 Å². The van der Waals surface area contributed by atoms with Gasteiger partial charge in [0.2, 0.25) is 0 Å². The molecule has 0 saturated carbocycles. The number of hydrogen-bond donors (Lipinski definition) is 1. The Morgan fingerprint density at radius 1 is 0.711 bits per heavy atom. The molecule has 1 N–H and O–H groups in total. The number of benzene rings is 2. The van der Waals surface area contributed by atoms with Crippen LogP contribution in [0.3, 0.4) is 0 Å². The number of hydrogen-bond acceptors (Lipinski definition) is 9. The van der Waals surface area contributed by atoms with Crippen LogP contribution in [0.4, 0.5) is 0 Å². The zero-order chi connectivity index (χ0) is 25.9. The van der Waals surface area contributed by atoms with Crippen molar-refractivity contribution in [1.82, 2.24) is 9.80 Å². The predicted octanol–water partition coefficient (Wildman–Crippen LogP) is -4.89. The van der Waals surface area contributed by atoms with E-state index in [0.29, 0.717) is 35.7 Å². The molecule has 0 aliphatic rings. The van der Waals surface area contributed by atoms with E-state index in [1.54, 1.807) is 48.8 Å². The zero-order valence-electron chi connectivity index (χ0n) is 23.5. The molecular weight excluding hydrogens is 732 g/mol. The summed E-state index contributed by atoms with van der Waals surface area (Å²) in [5.41, 5.74) is 1.14. The first-order chi connectivity index (χ1) is 16.3. The average Bonchev–Trinajstić information content (AvgIpc) is 2.83. The van der Waals surface area contributed by atoms with Crippen molar-refractivity contribution in [2.75, 3.05) is 75.7 Å². The molecular formula is C25H38Cd2Cl2N4O5. The third-order valence-corrected chi connectivity index (χ3v) is 4.27. The molecule has 2 rings (SSSR count). The summed E-state index contributed by atoms with van der Waals surface area (Å²) < 4.78 is 9.90. The quantitative estimate of drug-likeness (QED) is 0.191.